The molecule has 2 heterocycles. The molecule has 126 valence electrons. The molecule has 0 atom stereocenters. The van der Waals surface area contributed by atoms with Gasteiger partial charge in [0.15, 0.2) is 5.03 Å². The monoisotopic (exact) mass is 412 g/mol. The van der Waals surface area contributed by atoms with E-state index in [0.717, 1.165) is 5.56 Å². The molecule has 26 heavy (non-hydrogen) atoms. The number of rotatable bonds is 2. The van der Waals surface area contributed by atoms with Crippen molar-refractivity contribution in [1.29, 1.82) is 0 Å². The van der Waals surface area contributed by atoms with Crippen LogP contribution in [0.5, 0.6) is 0 Å². The average molecular weight is 412 g/mol. The van der Waals surface area contributed by atoms with Gasteiger partial charge in [-0.3, -0.25) is 4.98 Å². The predicted octanol–water partition coefficient (Wildman–Crippen LogP) is -4.78. The number of hydrogen-bond donors (Lipinski definition) is 0. The molecule has 0 fully saturated rings. The Bertz CT molecular complexity index is 1230. The Hall–Kier alpha value is -0.140. The van der Waals surface area contributed by atoms with Gasteiger partial charge < -0.3 is 9.11 Å². The summed E-state index contributed by atoms with van der Waals surface area (Å²) in [5, 5.41) is -0.385. The zero-order valence-electron chi connectivity index (χ0n) is 14.5. The fraction of sp³-hybridized carbons (Fsp3) is 0.143. The molecular formula is C14H10N2Na2O6S2. The Morgan fingerprint density at radius 3 is 1.96 bits per heavy atom. The van der Waals surface area contributed by atoms with Gasteiger partial charge in [0.05, 0.1) is 15.9 Å². The van der Waals surface area contributed by atoms with Crippen LogP contribution in [0.2, 0.25) is 0 Å². The summed E-state index contributed by atoms with van der Waals surface area (Å²) in [5.41, 5.74) is 1.06. The minimum Gasteiger partial charge on any atom is -0.744 e. The Labute approximate surface area is 194 Å². The Balaban J connectivity index is 0.00000169. The number of pyridine rings is 2. The second kappa shape index (κ2) is 8.08. The number of aromatic nitrogens is 2. The molecule has 8 nitrogen and oxygen atoms in total. The summed E-state index contributed by atoms with van der Waals surface area (Å²) in [5.74, 6) is 0. The molecule has 0 saturated carbocycles. The number of fused-ring (bicyclic) bond motifs is 3. The van der Waals surface area contributed by atoms with E-state index < -0.39 is 30.2 Å². The molecule has 12 heteroatoms. The van der Waals surface area contributed by atoms with Crippen molar-refractivity contribution in [3.8, 4) is 0 Å². The number of hydrogen-bond acceptors (Lipinski definition) is 8. The normalized spacial score (nSPS) is 11.8. The smallest absolute Gasteiger partial charge is 0.744 e. The summed E-state index contributed by atoms with van der Waals surface area (Å²) >= 11 is 0. The van der Waals surface area contributed by atoms with Crippen LogP contribution >= 0.6 is 0 Å². The van der Waals surface area contributed by atoms with Crippen LogP contribution in [-0.2, 0) is 20.2 Å². The molecule has 0 unspecified atom stereocenters. The van der Waals surface area contributed by atoms with E-state index in [1.807, 2.05) is 6.92 Å². The molecule has 0 spiro atoms. The summed E-state index contributed by atoms with van der Waals surface area (Å²) in [7, 11) is -10.5. The summed E-state index contributed by atoms with van der Waals surface area (Å²) in [6.07, 6.45) is 1.48. The molecule has 1 aromatic carbocycles. The summed E-state index contributed by atoms with van der Waals surface area (Å²) in [6, 6.07) is 4.93. The van der Waals surface area contributed by atoms with Gasteiger partial charge >= 0.3 is 59.1 Å². The van der Waals surface area contributed by atoms with Crippen LogP contribution in [0.25, 0.3) is 21.8 Å². The van der Waals surface area contributed by atoms with Crippen molar-refractivity contribution < 1.29 is 85.1 Å². The molecule has 0 saturated heterocycles. The molecule has 0 N–H and O–H groups in total. The van der Waals surface area contributed by atoms with E-state index in [1.54, 1.807) is 12.1 Å². The van der Waals surface area contributed by atoms with Crippen molar-refractivity contribution in [3.63, 3.8) is 0 Å². The minimum absolute atomic E-state index is 0. The third-order valence-corrected chi connectivity index (χ3v) is 5.64. The van der Waals surface area contributed by atoms with Gasteiger partial charge in [-0.2, -0.15) is 0 Å². The number of benzene rings is 1. The van der Waals surface area contributed by atoms with Crippen molar-refractivity contribution in [2.24, 2.45) is 0 Å². The molecule has 3 aromatic rings. The van der Waals surface area contributed by atoms with E-state index in [4.69, 9.17) is 0 Å². The maximum Gasteiger partial charge on any atom is 1.00 e. The molecular weight excluding hydrogens is 402 g/mol. The minimum atomic E-state index is -5.28. The van der Waals surface area contributed by atoms with Gasteiger partial charge in [-0.25, -0.2) is 21.8 Å². The first-order valence-electron chi connectivity index (χ1n) is 6.62. The van der Waals surface area contributed by atoms with E-state index in [2.05, 4.69) is 9.97 Å². The Morgan fingerprint density at radius 2 is 1.42 bits per heavy atom. The van der Waals surface area contributed by atoms with Crippen molar-refractivity contribution in [1.82, 2.24) is 9.97 Å². The van der Waals surface area contributed by atoms with E-state index in [0.29, 0.717) is 10.9 Å². The molecule has 2 aromatic heterocycles. The quantitative estimate of drug-likeness (QED) is 0.232. The maximum atomic E-state index is 11.5. The Morgan fingerprint density at radius 1 is 0.846 bits per heavy atom. The molecule has 0 amide bonds. The van der Waals surface area contributed by atoms with Crippen LogP contribution in [0, 0.1) is 13.8 Å². The Kier molecular flexibility index (Phi) is 7.42. The van der Waals surface area contributed by atoms with Crippen LogP contribution in [-0.4, -0.2) is 35.9 Å². The van der Waals surface area contributed by atoms with Gasteiger partial charge in [0, 0.05) is 17.0 Å². The summed E-state index contributed by atoms with van der Waals surface area (Å²) < 4.78 is 68.8. The van der Waals surface area contributed by atoms with Crippen LogP contribution in [0.3, 0.4) is 0 Å². The molecule has 3 rings (SSSR count). The van der Waals surface area contributed by atoms with E-state index in [1.165, 1.54) is 19.2 Å². The first-order valence-corrected chi connectivity index (χ1v) is 9.44. The average Bonchev–Trinajstić information content (AvgIpc) is 2.45. The second-order valence-corrected chi connectivity index (χ2v) is 7.88. The van der Waals surface area contributed by atoms with Crippen molar-refractivity contribution >= 4 is 42.0 Å². The predicted molar refractivity (Wildman–Crippen MR) is 82.4 cm³/mol. The van der Waals surface area contributed by atoms with Crippen LogP contribution in [0.1, 0.15) is 11.1 Å². The maximum absolute atomic E-state index is 11.5. The second-order valence-electron chi connectivity index (χ2n) is 5.27. The van der Waals surface area contributed by atoms with Gasteiger partial charge in [-0.15, -0.1) is 0 Å². The molecule has 0 aliphatic heterocycles. The number of nitrogens with zero attached hydrogens (tertiary/aromatic N) is 2. The molecule has 0 aliphatic rings. The van der Waals surface area contributed by atoms with Gasteiger partial charge in [0.1, 0.15) is 20.2 Å². The first-order chi connectivity index (χ1) is 11.0. The van der Waals surface area contributed by atoms with Crippen molar-refractivity contribution in [2.45, 2.75) is 23.8 Å². The fourth-order valence-corrected chi connectivity index (χ4v) is 4.60. The summed E-state index contributed by atoms with van der Waals surface area (Å²) in [4.78, 5) is 6.73. The molecule has 0 bridgehead atoms. The zero-order valence-corrected chi connectivity index (χ0v) is 20.1. The van der Waals surface area contributed by atoms with Crippen molar-refractivity contribution in [3.05, 3.63) is 35.5 Å². The molecule has 0 radical (unpaired) electrons. The third-order valence-electron chi connectivity index (χ3n) is 3.74. The van der Waals surface area contributed by atoms with Crippen LogP contribution in [0.4, 0.5) is 0 Å². The number of aryl methyl sites for hydroxylation is 2. The van der Waals surface area contributed by atoms with Crippen molar-refractivity contribution in [2.75, 3.05) is 0 Å². The largest absolute Gasteiger partial charge is 1.00 e. The first kappa shape index (κ1) is 23.9. The van der Waals surface area contributed by atoms with E-state index in [-0.39, 0.29) is 75.6 Å². The fourth-order valence-electron chi connectivity index (χ4n) is 2.66. The van der Waals surface area contributed by atoms with Gasteiger partial charge in [-0.1, -0.05) is 12.1 Å². The van der Waals surface area contributed by atoms with Crippen LogP contribution < -0.4 is 59.1 Å². The standard InChI is InChI=1S/C14H12N2O6S2.2Na/c1-7-5-6-15-11-9(7)3-4-10-8(2)13(23(17,18)19)14(16-12(10)11)24(20,21)22;;/h3-6H,1-2H3,(H,17,18,19)(H,20,21,22);;/q;2*+1/p-2. The van der Waals surface area contributed by atoms with E-state index >= 15 is 0 Å². The third kappa shape index (κ3) is 4.14. The topological polar surface area (TPSA) is 140 Å². The van der Waals surface area contributed by atoms with E-state index in [9.17, 15) is 25.9 Å². The van der Waals surface area contributed by atoms with Crippen LogP contribution in [0.15, 0.2) is 34.3 Å². The van der Waals surface area contributed by atoms with Gasteiger partial charge in [-0.05, 0) is 31.0 Å². The summed E-state index contributed by atoms with van der Waals surface area (Å²) in [6.45, 7) is 3.07. The van der Waals surface area contributed by atoms with Gasteiger partial charge in [0.25, 0.3) is 0 Å². The van der Waals surface area contributed by atoms with Gasteiger partial charge in [0.2, 0.25) is 0 Å². The SMILES string of the molecule is Cc1ccnc2c1ccc1c(C)c(S(=O)(=O)[O-])c(S(=O)(=O)[O-])nc12.[Na+].[Na+]. The zero-order chi connectivity index (χ0) is 17.9. The molecule has 0 aliphatic carbocycles.